The van der Waals surface area contributed by atoms with E-state index in [9.17, 15) is 9.59 Å². The zero-order chi connectivity index (χ0) is 22.1. The number of nitrogens with zero attached hydrogens (tertiary/aromatic N) is 1. The molecule has 2 aliphatic heterocycles. The Hall–Kier alpha value is -3.12. The molecule has 3 aliphatic rings. The van der Waals surface area contributed by atoms with Crippen LogP contribution in [0.15, 0.2) is 60.8 Å². The zero-order valence-corrected chi connectivity index (χ0v) is 18.2. The van der Waals surface area contributed by atoms with Crippen molar-refractivity contribution in [2.45, 2.75) is 63.4 Å². The smallest absolute Gasteiger partial charge is 0.255 e. The molecule has 0 spiro atoms. The standard InChI is InChI=1S/C26H29N3O3/c1-17-10-13-23(25(30)28-17)29-16-19-14-20(11-12-21(19)26(29)31)32-24-9-5-8-22(24)27-15-18-6-3-2-4-7-18/h2-4,6-7,11-12,14,22-24,27H,1,5,8-10,13,15-16H2,(H,28,30)/t22-,23?,24+/m1/s1. The second kappa shape index (κ2) is 8.79. The number of fused-ring (bicyclic) bond motifs is 1. The number of carbonyl (C=O) groups is 2. The molecule has 2 fully saturated rings. The molecule has 0 bridgehead atoms. The van der Waals surface area contributed by atoms with Crippen molar-refractivity contribution in [1.82, 2.24) is 15.5 Å². The van der Waals surface area contributed by atoms with Crippen LogP contribution in [-0.2, 0) is 17.9 Å². The van der Waals surface area contributed by atoms with Gasteiger partial charge in [-0.3, -0.25) is 9.59 Å². The van der Waals surface area contributed by atoms with Crippen molar-refractivity contribution in [3.8, 4) is 5.75 Å². The molecule has 2 amide bonds. The van der Waals surface area contributed by atoms with Crippen LogP contribution in [0.2, 0.25) is 0 Å². The molecule has 0 aromatic heterocycles. The highest BCUT2D eigenvalue weighted by Gasteiger charge is 2.38. The van der Waals surface area contributed by atoms with Crippen molar-refractivity contribution in [3.05, 3.63) is 77.5 Å². The molecule has 1 aliphatic carbocycles. The lowest BCUT2D eigenvalue weighted by molar-refractivity contribution is -0.126. The molecule has 1 saturated heterocycles. The topological polar surface area (TPSA) is 70.7 Å². The molecule has 2 aromatic carbocycles. The number of benzene rings is 2. The Balaban J connectivity index is 1.24. The maximum atomic E-state index is 12.9. The predicted molar refractivity (Wildman–Crippen MR) is 122 cm³/mol. The summed E-state index contributed by atoms with van der Waals surface area (Å²) in [6, 6.07) is 16.0. The van der Waals surface area contributed by atoms with Crippen LogP contribution >= 0.6 is 0 Å². The van der Waals surface area contributed by atoms with Crippen molar-refractivity contribution in [3.63, 3.8) is 0 Å². The SMILES string of the molecule is C=C1CCC(N2Cc3cc(O[C@H]4CCC[C@H]4NCc4ccccc4)ccc3C2=O)C(=O)N1. The van der Waals surface area contributed by atoms with Gasteiger partial charge in [-0.05, 0) is 61.4 Å². The van der Waals surface area contributed by atoms with Crippen LogP contribution in [0.5, 0.6) is 5.75 Å². The van der Waals surface area contributed by atoms with Gasteiger partial charge in [-0.1, -0.05) is 36.9 Å². The Bertz CT molecular complexity index is 1040. The average Bonchev–Trinajstić information content (AvgIpc) is 3.37. The van der Waals surface area contributed by atoms with E-state index in [1.165, 1.54) is 5.56 Å². The number of nitrogens with one attached hydrogen (secondary N) is 2. The van der Waals surface area contributed by atoms with Crippen LogP contribution in [-0.4, -0.2) is 34.9 Å². The van der Waals surface area contributed by atoms with Crippen LogP contribution in [0.4, 0.5) is 0 Å². The van der Waals surface area contributed by atoms with Crippen molar-refractivity contribution in [2.75, 3.05) is 0 Å². The molecule has 3 atom stereocenters. The van der Waals surface area contributed by atoms with Gasteiger partial charge >= 0.3 is 0 Å². The van der Waals surface area contributed by atoms with Crippen LogP contribution in [0.25, 0.3) is 0 Å². The number of amides is 2. The summed E-state index contributed by atoms with van der Waals surface area (Å²) in [5.41, 5.74) is 3.58. The van der Waals surface area contributed by atoms with E-state index in [0.717, 1.165) is 42.8 Å². The fourth-order valence-corrected chi connectivity index (χ4v) is 5.02. The Morgan fingerprint density at radius 2 is 1.94 bits per heavy atom. The molecule has 2 aromatic rings. The van der Waals surface area contributed by atoms with Gasteiger partial charge in [0.2, 0.25) is 5.91 Å². The number of hydrogen-bond acceptors (Lipinski definition) is 4. The van der Waals surface area contributed by atoms with Crippen molar-refractivity contribution >= 4 is 11.8 Å². The lowest BCUT2D eigenvalue weighted by atomic mass is 10.0. The van der Waals surface area contributed by atoms with Crippen LogP contribution in [0.1, 0.15) is 53.6 Å². The Labute approximate surface area is 188 Å². The highest BCUT2D eigenvalue weighted by Crippen LogP contribution is 2.32. The third kappa shape index (κ3) is 4.15. The molecule has 32 heavy (non-hydrogen) atoms. The van der Waals surface area contributed by atoms with E-state index in [0.29, 0.717) is 31.0 Å². The molecule has 166 valence electrons. The first kappa shape index (κ1) is 20.8. The summed E-state index contributed by atoms with van der Waals surface area (Å²) in [6.45, 7) is 5.09. The second-order valence-corrected chi connectivity index (χ2v) is 8.96. The molecule has 1 saturated carbocycles. The molecule has 5 rings (SSSR count). The van der Waals surface area contributed by atoms with Crippen LogP contribution in [0, 0.1) is 0 Å². The van der Waals surface area contributed by atoms with E-state index in [1.807, 2.05) is 24.3 Å². The van der Waals surface area contributed by atoms with Gasteiger partial charge in [0.15, 0.2) is 0 Å². The summed E-state index contributed by atoms with van der Waals surface area (Å²) in [7, 11) is 0. The predicted octanol–water partition coefficient (Wildman–Crippen LogP) is 3.52. The van der Waals surface area contributed by atoms with Gasteiger partial charge in [0.25, 0.3) is 5.91 Å². The van der Waals surface area contributed by atoms with Gasteiger partial charge in [0.05, 0.1) is 0 Å². The van der Waals surface area contributed by atoms with Crippen molar-refractivity contribution in [1.29, 1.82) is 0 Å². The Morgan fingerprint density at radius 1 is 1.09 bits per heavy atom. The minimum Gasteiger partial charge on any atom is -0.489 e. The number of allylic oxidation sites excluding steroid dienone is 1. The van der Waals surface area contributed by atoms with E-state index in [2.05, 4.69) is 41.5 Å². The summed E-state index contributed by atoms with van der Waals surface area (Å²) in [4.78, 5) is 27.0. The fourth-order valence-electron chi connectivity index (χ4n) is 5.02. The molecule has 1 unspecified atom stereocenters. The number of ether oxygens (including phenoxy) is 1. The van der Waals surface area contributed by atoms with Gasteiger partial charge in [0, 0.05) is 30.4 Å². The first-order valence-corrected chi connectivity index (χ1v) is 11.4. The summed E-state index contributed by atoms with van der Waals surface area (Å²) in [6.07, 6.45) is 4.67. The number of piperidine rings is 1. The van der Waals surface area contributed by atoms with E-state index in [4.69, 9.17) is 4.74 Å². The highest BCUT2D eigenvalue weighted by atomic mass is 16.5. The zero-order valence-electron chi connectivity index (χ0n) is 18.2. The average molecular weight is 432 g/mol. The van der Waals surface area contributed by atoms with Gasteiger partial charge in [-0.2, -0.15) is 0 Å². The van der Waals surface area contributed by atoms with E-state index in [1.54, 1.807) is 4.90 Å². The minimum atomic E-state index is -0.439. The van der Waals surface area contributed by atoms with E-state index in [-0.39, 0.29) is 17.9 Å². The summed E-state index contributed by atoms with van der Waals surface area (Å²) >= 11 is 0. The van der Waals surface area contributed by atoms with Gasteiger partial charge < -0.3 is 20.3 Å². The summed E-state index contributed by atoms with van der Waals surface area (Å²) < 4.78 is 6.37. The lowest BCUT2D eigenvalue weighted by Gasteiger charge is -2.30. The van der Waals surface area contributed by atoms with Crippen LogP contribution in [0.3, 0.4) is 0 Å². The molecule has 0 radical (unpaired) electrons. The number of rotatable bonds is 6. The quantitative estimate of drug-likeness (QED) is 0.734. The van der Waals surface area contributed by atoms with Crippen molar-refractivity contribution in [2.24, 2.45) is 0 Å². The first-order valence-electron chi connectivity index (χ1n) is 11.4. The van der Waals surface area contributed by atoms with E-state index >= 15 is 0 Å². The lowest BCUT2D eigenvalue weighted by Crippen LogP contribution is -2.49. The monoisotopic (exact) mass is 431 g/mol. The fraction of sp³-hybridized carbons (Fsp3) is 0.385. The molecular weight excluding hydrogens is 402 g/mol. The second-order valence-electron chi connectivity index (χ2n) is 8.96. The third-order valence-electron chi connectivity index (χ3n) is 6.76. The third-order valence-corrected chi connectivity index (χ3v) is 6.76. The largest absolute Gasteiger partial charge is 0.489 e. The normalized spacial score (nSPS) is 25.1. The molecule has 2 heterocycles. The minimum absolute atomic E-state index is 0.0810. The van der Waals surface area contributed by atoms with Gasteiger partial charge in [-0.15, -0.1) is 0 Å². The summed E-state index contributed by atoms with van der Waals surface area (Å²) in [5.74, 6) is 0.568. The van der Waals surface area contributed by atoms with Crippen molar-refractivity contribution < 1.29 is 14.3 Å². The number of carbonyl (C=O) groups excluding carboxylic acids is 2. The maximum absolute atomic E-state index is 12.9. The Morgan fingerprint density at radius 3 is 2.75 bits per heavy atom. The molecule has 2 N–H and O–H groups in total. The van der Waals surface area contributed by atoms with E-state index < -0.39 is 6.04 Å². The Kier molecular flexibility index (Phi) is 5.70. The first-order chi connectivity index (χ1) is 15.6. The maximum Gasteiger partial charge on any atom is 0.255 e. The molecule has 6 heteroatoms. The van der Waals surface area contributed by atoms with Gasteiger partial charge in [-0.25, -0.2) is 0 Å². The molecule has 6 nitrogen and oxygen atoms in total. The summed E-state index contributed by atoms with van der Waals surface area (Å²) in [5, 5.41) is 6.43. The van der Waals surface area contributed by atoms with Crippen LogP contribution < -0.4 is 15.4 Å². The highest BCUT2D eigenvalue weighted by molar-refractivity contribution is 6.01. The number of hydrogen-bond donors (Lipinski definition) is 2. The van der Waals surface area contributed by atoms with Gasteiger partial charge in [0.1, 0.15) is 17.9 Å². The molecular formula is C26H29N3O3.